The van der Waals surface area contributed by atoms with Crippen molar-refractivity contribution in [1.82, 2.24) is 15.2 Å². The average molecular weight is 228 g/mol. The SMILES string of the molecule is O=C(Nc1ncn[nH]1)C1Cc2ccccc2C1. The molecule has 2 aromatic rings. The molecule has 1 aromatic carbocycles. The molecular weight excluding hydrogens is 216 g/mol. The second kappa shape index (κ2) is 4.01. The second-order valence-corrected chi connectivity index (χ2v) is 4.20. The van der Waals surface area contributed by atoms with Gasteiger partial charge in [-0.3, -0.25) is 10.1 Å². The summed E-state index contributed by atoms with van der Waals surface area (Å²) < 4.78 is 0. The molecule has 5 heteroatoms. The molecule has 1 amide bonds. The Balaban J connectivity index is 1.70. The van der Waals surface area contributed by atoms with E-state index in [0.29, 0.717) is 5.95 Å². The van der Waals surface area contributed by atoms with E-state index in [2.05, 4.69) is 32.6 Å². The number of H-pyrrole nitrogens is 1. The van der Waals surface area contributed by atoms with Crippen molar-refractivity contribution in [3.8, 4) is 0 Å². The Morgan fingerprint density at radius 1 is 1.29 bits per heavy atom. The summed E-state index contributed by atoms with van der Waals surface area (Å²) in [6.07, 6.45) is 2.98. The molecule has 1 aliphatic carbocycles. The molecule has 0 aliphatic heterocycles. The molecule has 2 N–H and O–H groups in total. The van der Waals surface area contributed by atoms with Crippen LogP contribution in [-0.4, -0.2) is 21.1 Å². The maximum absolute atomic E-state index is 12.0. The highest BCUT2D eigenvalue weighted by Crippen LogP contribution is 2.26. The lowest BCUT2D eigenvalue weighted by atomic mass is 10.1. The van der Waals surface area contributed by atoms with Crippen molar-refractivity contribution in [3.05, 3.63) is 41.7 Å². The molecule has 86 valence electrons. The number of carbonyl (C=O) groups is 1. The van der Waals surface area contributed by atoms with Gasteiger partial charge in [-0.15, -0.1) is 0 Å². The summed E-state index contributed by atoms with van der Waals surface area (Å²) in [5.74, 6) is 0.404. The van der Waals surface area contributed by atoms with Crippen LogP contribution in [-0.2, 0) is 17.6 Å². The Hall–Kier alpha value is -2.17. The Bertz CT molecular complexity index is 510. The topological polar surface area (TPSA) is 70.7 Å². The Labute approximate surface area is 98.3 Å². The first-order chi connectivity index (χ1) is 8.33. The number of hydrogen-bond donors (Lipinski definition) is 2. The summed E-state index contributed by atoms with van der Waals surface area (Å²) in [6, 6.07) is 8.18. The molecule has 0 atom stereocenters. The van der Waals surface area contributed by atoms with Crippen LogP contribution >= 0.6 is 0 Å². The highest BCUT2D eigenvalue weighted by Gasteiger charge is 2.27. The maximum atomic E-state index is 12.0. The van der Waals surface area contributed by atoms with Gasteiger partial charge in [0, 0.05) is 5.92 Å². The molecule has 0 radical (unpaired) electrons. The molecule has 5 nitrogen and oxygen atoms in total. The van der Waals surface area contributed by atoms with Gasteiger partial charge in [0.25, 0.3) is 0 Å². The number of nitrogens with one attached hydrogen (secondary N) is 2. The quantitative estimate of drug-likeness (QED) is 0.810. The zero-order valence-electron chi connectivity index (χ0n) is 9.18. The number of rotatable bonds is 2. The second-order valence-electron chi connectivity index (χ2n) is 4.20. The predicted molar refractivity (Wildman–Crippen MR) is 62.4 cm³/mol. The van der Waals surface area contributed by atoms with Gasteiger partial charge in [0.2, 0.25) is 11.9 Å². The Morgan fingerprint density at radius 3 is 2.59 bits per heavy atom. The maximum Gasteiger partial charge on any atom is 0.230 e. The zero-order valence-corrected chi connectivity index (χ0v) is 9.18. The van der Waals surface area contributed by atoms with E-state index in [1.807, 2.05) is 12.1 Å². The highest BCUT2D eigenvalue weighted by atomic mass is 16.2. The molecule has 0 saturated heterocycles. The summed E-state index contributed by atoms with van der Waals surface area (Å²) in [7, 11) is 0. The van der Waals surface area contributed by atoms with E-state index in [9.17, 15) is 4.79 Å². The monoisotopic (exact) mass is 228 g/mol. The number of anilines is 1. The predicted octanol–water partition coefficient (Wildman–Crippen LogP) is 1.16. The van der Waals surface area contributed by atoms with Crippen LogP contribution in [0.25, 0.3) is 0 Å². The van der Waals surface area contributed by atoms with Crippen LogP contribution in [0.3, 0.4) is 0 Å². The normalized spacial score (nSPS) is 14.6. The van der Waals surface area contributed by atoms with Crippen LogP contribution in [0.2, 0.25) is 0 Å². The molecule has 0 fully saturated rings. The molecular formula is C12H12N4O. The van der Waals surface area contributed by atoms with Gasteiger partial charge < -0.3 is 0 Å². The lowest BCUT2D eigenvalue weighted by Crippen LogP contribution is -2.23. The van der Waals surface area contributed by atoms with Gasteiger partial charge in [-0.2, -0.15) is 10.1 Å². The smallest absolute Gasteiger partial charge is 0.230 e. The van der Waals surface area contributed by atoms with Crippen molar-refractivity contribution in [2.75, 3.05) is 5.32 Å². The summed E-state index contributed by atoms with van der Waals surface area (Å²) >= 11 is 0. The number of amides is 1. The molecule has 0 unspecified atom stereocenters. The van der Waals surface area contributed by atoms with E-state index in [1.54, 1.807) is 0 Å². The number of fused-ring (bicyclic) bond motifs is 1. The molecule has 0 bridgehead atoms. The first-order valence-electron chi connectivity index (χ1n) is 5.56. The molecule has 17 heavy (non-hydrogen) atoms. The summed E-state index contributed by atoms with van der Waals surface area (Å²) in [6.45, 7) is 0. The van der Waals surface area contributed by atoms with Gasteiger partial charge in [0.05, 0.1) is 0 Å². The molecule has 1 aliphatic rings. The molecule has 0 spiro atoms. The third-order valence-electron chi connectivity index (χ3n) is 3.08. The van der Waals surface area contributed by atoms with Gasteiger partial charge in [-0.05, 0) is 24.0 Å². The average Bonchev–Trinajstić information content (AvgIpc) is 2.96. The van der Waals surface area contributed by atoms with Gasteiger partial charge >= 0.3 is 0 Å². The van der Waals surface area contributed by atoms with E-state index in [4.69, 9.17) is 0 Å². The number of aromatic amines is 1. The summed E-state index contributed by atoms with van der Waals surface area (Å²) in [4.78, 5) is 15.9. The van der Waals surface area contributed by atoms with Crippen LogP contribution in [0.4, 0.5) is 5.95 Å². The fourth-order valence-corrected chi connectivity index (χ4v) is 2.23. The van der Waals surface area contributed by atoms with Crippen LogP contribution in [0.1, 0.15) is 11.1 Å². The fraction of sp³-hybridized carbons (Fsp3) is 0.250. The van der Waals surface area contributed by atoms with Gasteiger partial charge in [-0.1, -0.05) is 24.3 Å². The van der Waals surface area contributed by atoms with Crippen LogP contribution < -0.4 is 5.32 Å². The van der Waals surface area contributed by atoms with Crippen LogP contribution in [0.15, 0.2) is 30.6 Å². The minimum absolute atomic E-state index is 0.00190. The Kier molecular flexibility index (Phi) is 2.36. The van der Waals surface area contributed by atoms with Crippen molar-refractivity contribution < 1.29 is 4.79 Å². The van der Waals surface area contributed by atoms with E-state index < -0.39 is 0 Å². The molecule has 1 heterocycles. The number of aromatic nitrogens is 3. The number of hydrogen-bond acceptors (Lipinski definition) is 3. The van der Waals surface area contributed by atoms with Crippen LogP contribution in [0, 0.1) is 5.92 Å². The third kappa shape index (κ3) is 1.91. The molecule has 1 aromatic heterocycles. The number of nitrogens with zero attached hydrogens (tertiary/aromatic N) is 2. The van der Waals surface area contributed by atoms with Gasteiger partial charge in [0.1, 0.15) is 6.33 Å². The van der Waals surface area contributed by atoms with Crippen molar-refractivity contribution in [2.24, 2.45) is 5.92 Å². The standard InChI is InChI=1S/C12H12N4O/c17-11(15-12-13-7-14-16-12)10-5-8-3-1-2-4-9(8)6-10/h1-4,7,10H,5-6H2,(H2,13,14,15,16,17). The van der Waals surface area contributed by atoms with Crippen molar-refractivity contribution in [1.29, 1.82) is 0 Å². The summed E-state index contributed by atoms with van der Waals surface area (Å²) in [5.41, 5.74) is 2.54. The third-order valence-corrected chi connectivity index (χ3v) is 3.08. The minimum atomic E-state index is -0.00231. The number of benzene rings is 1. The van der Waals surface area contributed by atoms with E-state index in [1.165, 1.54) is 17.5 Å². The first kappa shape index (κ1) is 10.0. The van der Waals surface area contributed by atoms with Crippen molar-refractivity contribution in [2.45, 2.75) is 12.8 Å². The van der Waals surface area contributed by atoms with Crippen molar-refractivity contribution >= 4 is 11.9 Å². The minimum Gasteiger partial charge on any atom is -0.295 e. The van der Waals surface area contributed by atoms with E-state index in [0.717, 1.165) is 12.8 Å². The highest BCUT2D eigenvalue weighted by molar-refractivity contribution is 5.91. The lowest BCUT2D eigenvalue weighted by molar-refractivity contribution is -0.119. The Morgan fingerprint density at radius 2 is 2.00 bits per heavy atom. The summed E-state index contributed by atoms with van der Waals surface area (Å²) in [5, 5.41) is 9.04. The number of carbonyl (C=O) groups excluding carboxylic acids is 1. The van der Waals surface area contributed by atoms with Crippen molar-refractivity contribution in [3.63, 3.8) is 0 Å². The molecule has 3 rings (SSSR count). The largest absolute Gasteiger partial charge is 0.295 e. The zero-order chi connectivity index (χ0) is 11.7. The van der Waals surface area contributed by atoms with E-state index in [-0.39, 0.29) is 11.8 Å². The lowest BCUT2D eigenvalue weighted by Gasteiger charge is -2.07. The fourth-order valence-electron chi connectivity index (χ4n) is 2.23. The first-order valence-corrected chi connectivity index (χ1v) is 5.56. The van der Waals surface area contributed by atoms with Gasteiger partial charge in [0.15, 0.2) is 0 Å². The van der Waals surface area contributed by atoms with E-state index >= 15 is 0 Å². The van der Waals surface area contributed by atoms with Crippen LogP contribution in [0.5, 0.6) is 0 Å². The van der Waals surface area contributed by atoms with Gasteiger partial charge in [-0.25, -0.2) is 5.10 Å². The molecule has 0 saturated carbocycles.